The molecule has 2 heterocycles. The maximum absolute atomic E-state index is 12.8. The van der Waals surface area contributed by atoms with Crippen LogP contribution in [0.5, 0.6) is 0 Å². The first-order chi connectivity index (χ1) is 14.1. The summed E-state index contributed by atoms with van der Waals surface area (Å²) in [5.41, 5.74) is 3.14. The van der Waals surface area contributed by atoms with E-state index in [0.717, 1.165) is 24.2 Å². The van der Waals surface area contributed by atoms with Gasteiger partial charge in [-0.3, -0.25) is 4.79 Å². The Labute approximate surface area is 180 Å². The molecule has 0 bridgehead atoms. The van der Waals surface area contributed by atoms with E-state index >= 15 is 0 Å². The fourth-order valence-corrected chi connectivity index (χ4v) is 3.99. The average molecular weight is 429 g/mol. The van der Waals surface area contributed by atoms with Crippen molar-refractivity contribution >= 4 is 29.1 Å². The predicted molar refractivity (Wildman–Crippen MR) is 115 cm³/mol. The van der Waals surface area contributed by atoms with E-state index in [2.05, 4.69) is 27.0 Å². The fourth-order valence-electron chi connectivity index (χ4n) is 3.61. The number of halogens is 2. The van der Waals surface area contributed by atoms with E-state index in [1.165, 1.54) is 5.56 Å². The molecule has 4 rings (SSSR count). The Bertz CT molecular complexity index is 989. The van der Waals surface area contributed by atoms with Crippen molar-refractivity contribution in [2.24, 2.45) is 0 Å². The molecule has 1 N–H and O–H groups in total. The second-order valence-electron chi connectivity index (χ2n) is 7.19. The molecule has 0 spiro atoms. The third kappa shape index (κ3) is 4.64. The molecule has 0 aliphatic carbocycles. The number of nitrogens with one attached hydrogen (secondary N) is 1. The van der Waals surface area contributed by atoms with Gasteiger partial charge in [0, 0.05) is 32.4 Å². The Kier molecular flexibility index (Phi) is 6.19. The van der Waals surface area contributed by atoms with Crippen molar-refractivity contribution in [3.05, 3.63) is 87.9 Å². The van der Waals surface area contributed by atoms with Crippen molar-refractivity contribution in [1.82, 2.24) is 19.8 Å². The molecule has 1 saturated heterocycles. The van der Waals surface area contributed by atoms with Gasteiger partial charge in [-0.15, -0.1) is 0 Å². The highest BCUT2D eigenvalue weighted by Gasteiger charge is 2.31. The molecule has 1 amide bonds. The van der Waals surface area contributed by atoms with E-state index in [0.29, 0.717) is 29.7 Å². The van der Waals surface area contributed by atoms with Gasteiger partial charge in [0.15, 0.2) is 0 Å². The van der Waals surface area contributed by atoms with Crippen molar-refractivity contribution in [2.45, 2.75) is 32.1 Å². The van der Waals surface area contributed by atoms with Gasteiger partial charge in [-0.2, -0.15) is 0 Å². The molecule has 29 heavy (non-hydrogen) atoms. The van der Waals surface area contributed by atoms with Gasteiger partial charge in [-0.05, 0) is 23.6 Å². The Balaban J connectivity index is 1.35. The van der Waals surface area contributed by atoms with Crippen molar-refractivity contribution in [2.75, 3.05) is 6.54 Å². The second-order valence-corrected chi connectivity index (χ2v) is 7.98. The lowest BCUT2D eigenvalue weighted by atomic mass is 10.2. The Morgan fingerprint density at radius 1 is 1.07 bits per heavy atom. The van der Waals surface area contributed by atoms with Gasteiger partial charge in [0.25, 0.3) is 0 Å². The van der Waals surface area contributed by atoms with Crippen LogP contribution in [0.15, 0.2) is 61.1 Å². The number of carbonyl (C=O) groups is 1. The minimum Gasteiger partial charge on any atom is -0.337 e. The van der Waals surface area contributed by atoms with Gasteiger partial charge >= 0.3 is 0 Å². The molecule has 5 nitrogen and oxygen atoms in total. The van der Waals surface area contributed by atoms with Crippen LogP contribution in [0, 0.1) is 0 Å². The van der Waals surface area contributed by atoms with Gasteiger partial charge in [-0.1, -0.05) is 65.7 Å². The van der Waals surface area contributed by atoms with Crippen LogP contribution < -0.4 is 5.32 Å². The summed E-state index contributed by atoms with van der Waals surface area (Å²) in [5.74, 6) is 0.0927. The number of likely N-dealkylation sites (tertiary alicyclic amines) is 1. The quantitative estimate of drug-likeness (QED) is 0.615. The van der Waals surface area contributed by atoms with Gasteiger partial charge in [0.1, 0.15) is 0 Å². The third-order valence-electron chi connectivity index (χ3n) is 5.21. The first-order valence-corrected chi connectivity index (χ1v) is 10.4. The highest BCUT2D eigenvalue weighted by Crippen LogP contribution is 2.27. The summed E-state index contributed by atoms with van der Waals surface area (Å²) in [6.45, 7) is 2.52. The second kappa shape index (κ2) is 8.99. The number of rotatable bonds is 7. The molecule has 1 fully saturated rings. The largest absolute Gasteiger partial charge is 0.337 e. The van der Waals surface area contributed by atoms with E-state index in [4.69, 9.17) is 23.2 Å². The zero-order valence-corrected chi connectivity index (χ0v) is 17.4. The number of nitrogens with zero attached hydrogens (tertiary/aromatic N) is 3. The lowest BCUT2D eigenvalue weighted by Crippen LogP contribution is -2.38. The Morgan fingerprint density at radius 3 is 2.72 bits per heavy atom. The maximum atomic E-state index is 12.8. The Morgan fingerprint density at radius 2 is 1.90 bits per heavy atom. The van der Waals surface area contributed by atoms with E-state index in [1.807, 2.05) is 47.8 Å². The Hall–Kier alpha value is -2.34. The molecule has 2 aromatic carbocycles. The predicted octanol–water partition coefficient (Wildman–Crippen LogP) is 4.13. The number of amides is 1. The van der Waals surface area contributed by atoms with Crippen molar-refractivity contribution < 1.29 is 4.79 Å². The van der Waals surface area contributed by atoms with E-state index in [1.54, 1.807) is 6.07 Å². The van der Waals surface area contributed by atoms with Gasteiger partial charge < -0.3 is 14.8 Å². The molecule has 0 saturated carbocycles. The number of carbonyl (C=O) groups excluding carboxylic acids is 1. The fraction of sp³-hybridized carbons (Fsp3) is 0.273. The molecular weight excluding hydrogens is 407 g/mol. The summed E-state index contributed by atoms with van der Waals surface area (Å²) in [4.78, 5) is 18.9. The van der Waals surface area contributed by atoms with Crippen LogP contribution in [0.1, 0.15) is 23.2 Å². The average Bonchev–Trinajstić information content (AvgIpc) is 3.31. The number of imidazole rings is 1. The maximum Gasteiger partial charge on any atom is 0.240 e. The first-order valence-electron chi connectivity index (χ1n) is 9.60. The molecule has 1 atom stereocenters. The van der Waals surface area contributed by atoms with Crippen LogP contribution in [0.3, 0.4) is 0 Å². The summed E-state index contributed by atoms with van der Waals surface area (Å²) in [5, 5.41) is 4.42. The number of hydrogen-bond acceptors (Lipinski definition) is 3. The SMILES string of the molecule is O=C1[C@@H](NCc2cncn2Cc2ccccc2)CCN1Cc1cccc(Cl)c1Cl. The lowest BCUT2D eigenvalue weighted by molar-refractivity contribution is -0.129. The first kappa shape index (κ1) is 20.0. The third-order valence-corrected chi connectivity index (χ3v) is 6.07. The molecule has 7 heteroatoms. The molecule has 0 radical (unpaired) electrons. The molecule has 150 valence electrons. The summed E-state index contributed by atoms with van der Waals surface area (Å²) in [7, 11) is 0. The number of aromatic nitrogens is 2. The normalized spacial score (nSPS) is 16.6. The zero-order chi connectivity index (χ0) is 20.2. The number of hydrogen-bond donors (Lipinski definition) is 1. The van der Waals surface area contributed by atoms with Crippen LogP contribution in [-0.2, 0) is 24.4 Å². The summed E-state index contributed by atoms with van der Waals surface area (Å²) in [6, 6.07) is 15.6. The molecule has 1 aliphatic heterocycles. The highest BCUT2D eigenvalue weighted by molar-refractivity contribution is 6.42. The van der Waals surface area contributed by atoms with Crippen LogP contribution in [0.2, 0.25) is 10.0 Å². The van der Waals surface area contributed by atoms with Gasteiger partial charge in [-0.25, -0.2) is 4.98 Å². The standard InChI is InChI=1S/C22H22Cl2N4O/c23-19-8-4-7-17(21(19)24)14-27-10-9-20(22(27)29)26-12-18-11-25-15-28(18)13-16-5-2-1-3-6-16/h1-8,11,15,20,26H,9-10,12-14H2/t20-/m0/s1. The number of benzene rings is 2. The van der Waals surface area contributed by atoms with Crippen molar-refractivity contribution in [3.63, 3.8) is 0 Å². The molecular formula is C22H22Cl2N4O. The molecule has 1 aliphatic rings. The molecule has 0 unspecified atom stereocenters. The van der Waals surface area contributed by atoms with Crippen molar-refractivity contribution in [3.8, 4) is 0 Å². The molecule has 1 aromatic heterocycles. The highest BCUT2D eigenvalue weighted by atomic mass is 35.5. The van der Waals surface area contributed by atoms with E-state index < -0.39 is 0 Å². The van der Waals surface area contributed by atoms with Gasteiger partial charge in [0.05, 0.1) is 28.1 Å². The summed E-state index contributed by atoms with van der Waals surface area (Å²) < 4.78 is 2.10. The summed E-state index contributed by atoms with van der Waals surface area (Å²) in [6.07, 6.45) is 4.44. The van der Waals surface area contributed by atoms with Crippen molar-refractivity contribution in [1.29, 1.82) is 0 Å². The minimum absolute atomic E-state index is 0.0927. The van der Waals surface area contributed by atoms with Crippen LogP contribution in [0.25, 0.3) is 0 Å². The monoisotopic (exact) mass is 428 g/mol. The van der Waals surface area contributed by atoms with E-state index in [-0.39, 0.29) is 11.9 Å². The molecule has 3 aromatic rings. The topological polar surface area (TPSA) is 50.2 Å². The van der Waals surface area contributed by atoms with E-state index in [9.17, 15) is 4.79 Å². The smallest absolute Gasteiger partial charge is 0.240 e. The summed E-state index contributed by atoms with van der Waals surface area (Å²) >= 11 is 12.4. The van der Waals surface area contributed by atoms with Crippen LogP contribution >= 0.6 is 23.2 Å². The van der Waals surface area contributed by atoms with Gasteiger partial charge in [0.2, 0.25) is 5.91 Å². The van der Waals surface area contributed by atoms with Crippen LogP contribution in [0.4, 0.5) is 0 Å². The minimum atomic E-state index is -0.201. The van der Waals surface area contributed by atoms with Crippen LogP contribution in [-0.4, -0.2) is 32.9 Å². The zero-order valence-electron chi connectivity index (χ0n) is 15.9. The lowest BCUT2D eigenvalue weighted by Gasteiger charge is -2.18.